The molecule has 0 fully saturated rings. The van der Waals surface area contributed by atoms with Crippen molar-refractivity contribution < 1.29 is 9.18 Å². The zero-order valence-electron chi connectivity index (χ0n) is 8.53. The number of nitrogens with one attached hydrogen (secondary N) is 1. The summed E-state index contributed by atoms with van der Waals surface area (Å²) in [6, 6.07) is 2.73. The lowest BCUT2D eigenvalue weighted by Gasteiger charge is -2.04. The Bertz CT molecular complexity index is 524. The number of carbonyl (C=O) groups is 1. The summed E-state index contributed by atoms with van der Waals surface area (Å²) < 4.78 is 13.2. The predicted octanol–water partition coefficient (Wildman–Crippen LogP) is 2.84. The van der Waals surface area contributed by atoms with Crippen LogP contribution >= 0.6 is 11.3 Å². The van der Waals surface area contributed by atoms with E-state index < -0.39 is 5.82 Å². The van der Waals surface area contributed by atoms with Crippen molar-refractivity contribution in [3.63, 3.8) is 0 Å². The third-order valence-electron chi connectivity index (χ3n) is 2.09. The van der Waals surface area contributed by atoms with Crippen LogP contribution in [0.5, 0.6) is 0 Å². The third kappa shape index (κ3) is 2.09. The second-order valence-electron chi connectivity index (χ2n) is 3.26. The Labute approximate surface area is 96.0 Å². The number of rotatable bonds is 2. The van der Waals surface area contributed by atoms with E-state index in [1.54, 1.807) is 5.38 Å². The van der Waals surface area contributed by atoms with E-state index in [9.17, 15) is 9.18 Å². The fourth-order valence-corrected chi connectivity index (χ4v) is 2.07. The number of pyridine rings is 1. The molecule has 82 valence electrons. The van der Waals surface area contributed by atoms with Crippen molar-refractivity contribution in [2.24, 2.45) is 0 Å². The summed E-state index contributed by atoms with van der Waals surface area (Å²) in [5.41, 5.74) is 1.42. The molecule has 2 aromatic heterocycles. The van der Waals surface area contributed by atoms with Crippen molar-refractivity contribution in [1.29, 1.82) is 0 Å². The van der Waals surface area contributed by atoms with Gasteiger partial charge in [0.25, 0.3) is 5.91 Å². The molecule has 2 aromatic rings. The fraction of sp³-hybridized carbons (Fsp3) is 0.0909. The quantitative estimate of drug-likeness (QED) is 0.871. The summed E-state index contributed by atoms with van der Waals surface area (Å²) in [5, 5.41) is 6.03. The second-order valence-corrected chi connectivity index (χ2v) is 4.00. The predicted molar refractivity (Wildman–Crippen MR) is 61.2 cm³/mol. The van der Waals surface area contributed by atoms with Crippen molar-refractivity contribution >= 4 is 23.1 Å². The first-order valence-electron chi connectivity index (χ1n) is 4.63. The van der Waals surface area contributed by atoms with Crippen molar-refractivity contribution in [2.45, 2.75) is 6.92 Å². The molecule has 0 saturated heterocycles. The Kier molecular flexibility index (Phi) is 2.96. The highest BCUT2D eigenvalue weighted by Crippen LogP contribution is 2.16. The highest BCUT2D eigenvalue weighted by Gasteiger charge is 2.12. The topological polar surface area (TPSA) is 42.0 Å². The van der Waals surface area contributed by atoms with Gasteiger partial charge in [-0.3, -0.25) is 4.79 Å². The average Bonchev–Trinajstić information content (AvgIpc) is 2.68. The molecule has 0 aliphatic carbocycles. The molecule has 0 aliphatic rings. The molecule has 5 heteroatoms. The Morgan fingerprint density at radius 3 is 2.94 bits per heavy atom. The van der Waals surface area contributed by atoms with Gasteiger partial charge in [0, 0.05) is 11.6 Å². The lowest BCUT2D eigenvalue weighted by Crippen LogP contribution is -2.14. The number of hydrogen-bond donors (Lipinski definition) is 1. The van der Waals surface area contributed by atoms with E-state index in [4.69, 9.17) is 0 Å². The minimum absolute atomic E-state index is 0.0434. The van der Waals surface area contributed by atoms with E-state index in [2.05, 4.69) is 10.3 Å². The maximum absolute atomic E-state index is 13.2. The molecule has 0 saturated carbocycles. The van der Waals surface area contributed by atoms with E-state index in [1.165, 1.54) is 29.7 Å². The molecule has 16 heavy (non-hydrogen) atoms. The highest BCUT2D eigenvalue weighted by atomic mass is 32.1. The SMILES string of the molecule is Cc1cscc1C(=O)Nc1ncccc1F. The maximum Gasteiger partial charge on any atom is 0.258 e. The Balaban J connectivity index is 2.21. The number of hydrogen-bond acceptors (Lipinski definition) is 3. The summed E-state index contributed by atoms with van der Waals surface area (Å²) >= 11 is 1.43. The number of halogens is 1. The molecule has 2 rings (SSSR count). The van der Waals surface area contributed by atoms with E-state index in [0.717, 1.165) is 5.56 Å². The number of aryl methyl sites for hydroxylation is 1. The number of carbonyl (C=O) groups excluding carboxylic acids is 1. The zero-order chi connectivity index (χ0) is 11.5. The summed E-state index contributed by atoms with van der Waals surface area (Å²) in [6.07, 6.45) is 1.43. The van der Waals surface area contributed by atoms with Gasteiger partial charge in [-0.2, -0.15) is 11.3 Å². The summed E-state index contributed by atoms with van der Waals surface area (Å²) in [4.78, 5) is 15.5. The van der Waals surface area contributed by atoms with Gasteiger partial charge in [-0.25, -0.2) is 9.37 Å². The summed E-state index contributed by atoms with van der Waals surface area (Å²) in [7, 11) is 0. The average molecular weight is 236 g/mol. The van der Waals surface area contributed by atoms with Gasteiger partial charge in [0.05, 0.1) is 5.56 Å². The first kappa shape index (κ1) is 10.8. The van der Waals surface area contributed by atoms with Crippen LogP contribution < -0.4 is 5.32 Å². The molecule has 1 amide bonds. The molecule has 1 N–H and O–H groups in total. The number of amides is 1. The first-order chi connectivity index (χ1) is 7.68. The number of nitrogens with zero attached hydrogens (tertiary/aromatic N) is 1. The standard InChI is InChI=1S/C11H9FN2OS/c1-7-5-16-6-8(7)11(15)14-10-9(12)3-2-4-13-10/h2-6H,1H3,(H,13,14,15). The van der Waals surface area contributed by atoms with Crippen LogP contribution in [-0.4, -0.2) is 10.9 Å². The molecule has 0 aliphatic heterocycles. The molecular weight excluding hydrogens is 227 g/mol. The normalized spacial score (nSPS) is 10.1. The second kappa shape index (κ2) is 4.40. The molecule has 0 spiro atoms. The largest absolute Gasteiger partial charge is 0.304 e. The van der Waals surface area contributed by atoms with Crippen LogP contribution in [-0.2, 0) is 0 Å². The van der Waals surface area contributed by atoms with Gasteiger partial charge >= 0.3 is 0 Å². The smallest absolute Gasteiger partial charge is 0.258 e. The van der Waals surface area contributed by atoms with E-state index in [-0.39, 0.29) is 11.7 Å². The van der Waals surface area contributed by atoms with Gasteiger partial charge in [-0.1, -0.05) is 0 Å². The number of aromatic nitrogens is 1. The summed E-state index contributed by atoms with van der Waals surface area (Å²) in [6.45, 7) is 1.83. The molecule has 0 unspecified atom stereocenters. The van der Waals surface area contributed by atoms with Gasteiger partial charge in [-0.05, 0) is 30.0 Å². The van der Waals surface area contributed by atoms with Crippen LogP contribution in [0.3, 0.4) is 0 Å². The molecule has 3 nitrogen and oxygen atoms in total. The monoisotopic (exact) mass is 236 g/mol. The molecule has 0 bridgehead atoms. The van der Waals surface area contributed by atoms with Gasteiger partial charge in [-0.15, -0.1) is 0 Å². The summed E-state index contributed by atoms with van der Waals surface area (Å²) in [5.74, 6) is -0.918. The van der Waals surface area contributed by atoms with Crippen molar-refractivity contribution in [1.82, 2.24) is 4.98 Å². The van der Waals surface area contributed by atoms with Gasteiger partial charge in [0.15, 0.2) is 11.6 Å². The molecule has 2 heterocycles. The van der Waals surface area contributed by atoms with Crippen LogP contribution in [0.2, 0.25) is 0 Å². The molecule has 0 radical (unpaired) electrons. The Hall–Kier alpha value is -1.75. The number of thiophene rings is 1. The van der Waals surface area contributed by atoms with Crippen LogP contribution in [0.25, 0.3) is 0 Å². The van der Waals surface area contributed by atoms with Crippen LogP contribution in [0, 0.1) is 12.7 Å². The van der Waals surface area contributed by atoms with Crippen LogP contribution in [0.1, 0.15) is 15.9 Å². The number of anilines is 1. The van der Waals surface area contributed by atoms with E-state index >= 15 is 0 Å². The van der Waals surface area contributed by atoms with Gasteiger partial charge in [0.1, 0.15) is 0 Å². The molecule has 0 aromatic carbocycles. The minimum Gasteiger partial charge on any atom is -0.304 e. The molecule has 0 atom stereocenters. The Morgan fingerprint density at radius 2 is 2.31 bits per heavy atom. The molecular formula is C11H9FN2OS. The maximum atomic E-state index is 13.2. The van der Waals surface area contributed by atoms with E-state index in [0.29, 0.717) is 5.56 Å². The van der Waals surface area contributed by atoms with Gasteiger partial charge < -0.3 is 5.32 Å². The first-order valence-corrected chi connectivity index (χ1v) is 5.57. The van der Waals surface area contributed by atoms with Crippen molar-refractivity contribution in [2.75, 3.05) is 5.32 Å². The van der Waals surface area contributed by atoms with Crippen LogP contribution in [0.4, 0.5) is 10.2 Å². The third-order valence-corrected chi connectivity index (χ3v) is 2.95. The Morgan fingerprint density at radius 1 is 1.50 bits per heavy atom. The lowest BCUT2D eigenvalue weighted by molar-refractivity contribution is 0.102. The lowest BCUT2D eigenvalue weighted by atomic mass is 10.2. The van der Waals surface area contributed by atoms with Gasteiger partial charge in [0.2, 0.25) is 0 Å². The van der Waals surface area contributed by atoms with Crippen molar-refractivity contribution in [3.05, 3.63) is 46.0 Å². The van der Waals surface area contributed by atoms with Crippen molar-refractivity contribution in [3.8, 4) is 0 Å². The minimum atomic E-state index is -0.538. The van der Waals surface area contributed by atoms with Crippen LogP contribution in [0.15, 0.2) is 29.1 Å². The fourth-order valence-electron chi connectivity index (χ4n) is 1.25. The zero-order valence-corrected chi connectivity index (χ0v) is 9.34. The van der Waals surface area contributed by atoms with E-state index in [1.807, 2.05) is 12.3 Å². The highest BCUT2D eigenvalue weighted by molar-refractivity contribution is 7.08.